The van der Waals surface area contributed by atoms with Crippen molar-refractivity contribution in [3.8, 4) is 11.5 Å². The normalized spacial score (nSPS) is 11.8. The maximum Gasteiger partial charge on any atom is 0.226 e. The number of rotatable bonds is 3. The van der Waals surface area contributed by atoms with E-state index in [-0.39, 0.29) is 5.54 Å². The first-order chi connectivity index (χ1) is 8.85. The third kappa shape index (κ3) is 3.82. The smallest absolute Gasteiger partial charge is 0.226 e. The third-order valence-electron chi connectivity index (χ3n) is 2.78. The standard InChI is InChI=1S/C15H19ClN2O/c1-10-5-6-11(16)7-13(10)14-18-12(9-19-14)8-17-15(2,3)4/h5-7,9,17H,8H2,1-4H3. The topological polar surface area (TPSA) is 38.1 Å². The summed E-state index contributed by atoms with van der Waals surface area (Å²) in [5, 5.41) is 4.07. The fourth-order valence-corrected chi connectivity index (χ4v) is 1.86. The van der Waals surface area contributed by atoms with Crippen molar-refractivity contribution < 1.29 is 4.42 Å². The average molecular weight is 279 g/mol. The molecule has 3 nitrogen and oxygen atoms in total. The second-order valence-electron chi connectivity index (χ2n) is 5.71. The third-order valence-corrected chi connectivity index (χ3v) is 3.02. The van der Waals surface area contributed by atoms with Crippen molar-refractivity contribution in [1.82, 2.24) is 10.3 Å². The molecule has 4 heteroatoms. The predicted octanol–water partition coefficient (Wildman–Crippen LogP) is 4.19. The molecule has 0 bridgehead atoms. The van der Waals surface area contributed by atoms with Crippen LogP contribution < -0.4 is 5.32 Å². The molecule has 0 saturated carbocycles. The first-order valence-corrected chi connectivity index (χ1v) is 6.69. The van der Waals surface area contributed by atoms with Gasteiger partial charge in [-0.15, -0.1) is 0 Å². The van der Waals surface area contributed by atoms with E-state index >= 15 is 0 Å². The second-order valence-corrected chi connectivity index (χ2v) is 6.14. The average Bonchev–Trinajstić information content (AvgIpc) is 2.77. The molecule has 102 valence electrons. The highest BCUT2D eigenvalue weighted by molar-refractivity contribution is 6.30. The lowest BCUT2D eigenvalue weighted by atomic mass is 10.1. The number of benzene rings is 1. The van der Waals surface area contributed by atoms with E-state index in [1.807, 2.05) is 25.1 Å². The molecule has 0 fully saturated rings. The highest BCUT2D eigenvalue weighted by atomic mass is 35.5. The monoisotopic (exact) mass is 278 g/mol. The fourth-order valence-electron chi connectivity index (χ4n) is 1.69. The maximum absolute atomic E-state index is 6.01. The molecule has 0 saturated heterocycles. The molecule has 2 rings (SSSR count). The van der Waals surface area contributed by atoms with Gasteiger partial charge in [0.1, 0.15) is 6.26 Å². The Morgan fingerprint density at radius 3 is 2.74 bits per heavy atom. The zero-order chi connectivity index (χ0) is 14.0. The van der Waals surface area contributed by atoms with E-state index in [1.54, 1.807) is 6.26 Å². The zero-order valence-electron chi connectivity index (χ0n) is 11.7. The number of halogens is 1. The van der Waals surface area contributed by atoms with Crippen molar-refractivity contribution >= 4 is 11.6 Å². The number of aromatic nitrogens is 1. The first-order valence-electron chi connectivity index (χ1n) is 6.31. The Labute approximate surface area is 119 Å². The Kier molecular flexibility index (Phi) is 3.97. The highest BCUT2D eigenvalue weighted by Crippen LogP contribution is 2.26. The van der Waals surface area contributed by atoms with E-state index in [0.29, 0.717) is 17.5 Å². The van der Waals surface area contributed by atoms with Crippen LogP contribution in [-0.4, -0.2) is 10.5 Å². The van der Waals surface area contributed by atoms with Gasteiger partial charge in [-0.05, 0) is 45.4 Å². The largest absolute Gasteiger partial charge is 0.444 e. The Hall–Kier alpha value is -1.32. The van der Waals surface area contributed by atoms with Crippen molar-refractivity contribution in [1.29, 1.82) is 0 Å². The number of hydrogen-bond acceptors (Lipinski definition) is 3. The minimum absolute atomic E-state index is 0.0606. The molecule has 1 aromatic heterocycles. The molecule has 2 aromatic rings. The summed E-state index contributed by atoms with van der Waals surface area (Å²) >= 11 is 6.01. The van der Waals surface area contributed by atoms with Crippen LogP contribution in [0, 0.1) is 6.92 Å². The number of nitrogens with one attached hydrogen (secondary N) is 1. The molecule has 0 atom stereocenters. The van der Waals surface area contributed by atoms with Gasteiger partial charge in [0.2, 0.25) is 5.89 Å². The lowest BCUT2D eigenvalue weighted by molar-refractivity contribution is 0.421. The Morgan fingerprint density at radius 1 is 1.32 bits per heavy atom. The molecular weight excluding hydrogens is 260 g/mol. The van der Waals surface area contributed by atoms with Gasteiger partial charge in [-0.2, -0.15) is 0 Å². The van der Waals surface area contributed by atoms with Crippen molar-refractivity contribution in [3.63, 3.8) is 0 Å². The summed E-state index contributed by atoms with van der Waals surface area (Å²) in [7, 11) is 0. The van der Waals surface area contributed by atoms with Crippen LogP contribution in [0.5, 0.6) is 0 Å². The SMILES string of the molecule is Cc1ccc(Cl)cc1-c1nc(CNC(C)(C)C)co1. The molecule has 1 N–H and O–H groups in total. The zero-order valence-corrected chi connectivity index (χ0v) is 12.5. The van der Waals surface area contributed by atoms with Crippen molar-refractivity contribution in [2.24, 2.45) is 0 Å². The quantitative estimate of drug-likeness (QED) is 0.915. The van der Waals surface area contributed by atoms with Gasteiger partial charge in [-0.3, -0.25) is 0 Å². The molecule has 0 radical (unpaired) electrons. The molecule has 0 aliphatic rings. The number of aryl methyl sites for hydroxylation is 1. The van der Waals surface area contributed by atoms with Crippen LogP contribution in [-0.2, 0) is 6.54 Å². The van der Waals surface area contributed by atoms with E-state index in [9.17, 15) is 0 Å². The van der Waals surface area contributed by atoms with Gasteiger partial charge < -0.3 is 9.73 Å². The number of oxazole rings is 1. The van der Waals surface area contributed by atoms with Gasteiger partial charge in [-0.1, -0.05) is 17.7 Å². The van der Waals surface area contributed by atoms with Crippen LogP contribution in [0.25, 0.3) is 11.5 Å². The van der Waals surface area contributed by atoms with Crippen LogP contribution in [0.1, 0.15) is 32.0 Å². The molecule has 0 aliphatic carbocycles. The highest BCUT2D eigenvalue weighted by Gasteiger charge is 2.13. The minimum Gasteiger partial charge on any atom is -0.444 e. The van der Waals surface area contributed by atoms with E-state index in [1.165, 1.54) is 0 Å². The van der Waals surface area contributed by atoms with Crippen LogP contribution in [0.15, 0.2) is 28.9 Å². The summed E-state index contributed by atoms with van der Waals surface area (Å²) in [6, 6.07) is 5.71. The van der Waals surface area contributed by atoms with Gasteiger partial charge in [0.25, 0.3) is 0 Å². The number of nitrogens with zero attached hydrogens (tertiary/aromatic N) is 1. The van der Waals surface area contributed by atoms with Crippen molar-refractivity contribution in [2.75, 3.05) is 0 Å². The van der Waals surface area contributed by atoms with Crippen LogP contribution in [0.2, 0.25) is 5.02 Å². The predicted molar refractivity (Wildman–Crippen MR) is 78.3 cm³/mol. The summed E-state index contributed by atoms with van der Waals surface area (Å²) < 4.78 is 5.54. The molecule has 1 aromatic carbocycles. The summed E-state index contributed by atoms with van der Waals surface area (Å²) in [6.07, 6.45) is 1.69. The first kappa shape index (κ1) is 14.1. The van der Waals surface area contributed by atoms with Crippen LogP contribution in [0.3, 0.4) is 0 Å². The molecule has 19 heavy (non-hydrogen) atoms. The van der Waals surface area contributed by atoms with Crippen molar-refractivity contribution in [3.05, 3.63) is 40.7 Å². The molecule has 0 aliphatic heterocycles. The van der Waals surface area contributed by atoms with Crippen LogP contribution >= 0.6 is 11.6 Å². The number of hydrogen-bond donors (Lipinski definition) is 1. The molecule has 0 spiro atoms. The van der Waals surface area contributed by atoms with Gasteiger partial charge in [-0.25, -0.2) is 4.98 Å². The minimum atomic E-state index is 0.0606. The molecule has 0 unspecified atom stereocenters. The van der Waals surface area contributed by atoms with Gasteiger partial charge in [0.05, 0.1) is 5.69 Å². The Morgan fingerprint density at radius 2 is 2.05 bits per heavy atom. The Balaban J connectivity index is 2.19. The Bertz CT molecular complexity index is 570. The van der Waals surface area contributed by atoms with E-state index in [2.05, 4.69) is 31.1 Å². The maximum atomic E-state index is 6.01. The summed E-state index contributed by atoms with van der Waals surface area (Å²) in [5.74, 6) is 0.616. The molecular formula is C15H19ClN2O. The van der Waals surface area contributed by atoms with E-state index < -0.39 is 0 Å². The van der Waals surface area contributed by atoms with Gasteiger partial charge in [0.15, 0.2) is 0 Å². The second kappa shape index (κ2) is 5.35. The lowest BCUT2D eigenvalue weighted by Crippen LogP contribution is -2.35. The summed E-state index contributed by atoms with van der Waals surface area (Å²) in [6.45, 7) is 9.06. The molecule has 1 heterocycles. The lowest BCUT2D eigenvalue weighted by Gasteiger charge is -2.19. The molecule has 0 amide bonds. The summed E-state index contributed by atoms with van der Waals surface area (Å²) in [4.78, 5) is 4.50. The van der Waals surface area contributed by atoms with Gasteiger partial charge >= 0.3 is 0 Å². The summed E-state index contributed by atoms with van der Waals surface area (Å²) in [5.41, 5.74) is 2.99. The fraction of sp³-hybridized carbons (Fsp3) is 0.400. The van der Waals surface area contributed by atoms with E-state index in [0.717, 1.165) is 16.8 Å². The van der Waals surface area contributed by atoms with E-state index in [4.69, 9.17) is 16.0 Å². The van der Waals surface area contributed by atoms with Gasteiger partial charge in [0, 0.05) is 22.7 Å². The van der Waals surface area contributed by atoms with Crippen LogP contribution in [0.4, 0.5) is 0 Å². The van der Waals surface area contributed by atoms with Crippen molar-refractivity contribution in [2.45, 2.75) is 39.8 Å².